The van der Waals surface area contributed by atoms with Gasteiger partial charge in [0.2, 0.25) is 5.75 Å². The van der Waals surface area contributed by atoms with Crippen LogP contribution in [0.15, 0.2) is 30.3 Å². The third-order valence-electron chi connectivity index (χ3n) is 2.88. The molecule has 0 bridgehead atoms. The largest absolute Gasteiger partial charge is 0.452 e. The van der Waals surface area contributed by atoms with E-state index in [-0.39, 0.29) is 11.5 Å². The van der Waals surface area contributed by atoms with E-state index in [0.29, 0.717) is 15.8 Å². The molecule has 0 fully saturated rings. The molecule has 0 unspecified atom stereocenters. The summed E-state index contributed by atoms with van der Waals surface area (Å²) in [6.07, 6.45) is 0.844. The predicted molar refractivity (Wildman–Crippen MR) is 77.2 cm³/mol. The zero-order valence-corrected chi connectivity index (χ0v) is 12.2. The topological polar surface area (TPSA) is 29.1 Å². The van der Waals surface area contributed by atoms with Crippen molar-refractivity contribution >= 4 is 23.2 Å². The Bertz CT molecular complexity index is 609. The highest BCUT2D eigenvalue weighted by Crippen LogP contribution is 2.40. The molecule has 0 aromatic heterocycles. The van der Waals surface area contributed by atoms with E-state index in [4.69, 9.17) is 27.9 Å². The molecule has 0 heterocycles. The Labute approximate surface area is 122 Å². The second-order valence-electron chi connectivity index (χ2n) is 4.23. The van der Waals surface area contributed by atoms with Gasteiger partial charge in [-0.05, 0) is 42.7 Å². The zero-order valence-electron chi connectivity index (χ0n) is 10.7. The second kappa shape index (κ2) is 5.72. The fraction of sp³-hybridized carbons (Fsp3) is 0.200. The monoisotopic (exact) mass is 295 g/mol. The van der Waals surface area contributed by atoms with E-state index in [1.54, 1.807) is 18.2 Å². The minimum absolute atomic E-state index is 0.141. The standard InChI is InChI=1S/C15H13Cl2O2/c1-3-10-5-6-11(8-12(10)16)19-15-13(18)7-4-9(2)14(15)17/h4-8H,3H2,1-2H3. The van der Waals surface area contributed by atoms with E-state index < -0.39 is 0 Å². The van der Waals surface area contributed by atoms with Crippen LogP contribution in [0, 0.1) is 6.92 Å². The SMILES string of the molecule is CCc1ccc(Oc2c([O])ccc(C)c2Cl)cc1Cl. The van der Waals surface area contributed by atoms with Crippen molar-refractivity contribution in [2.75, 3.05) is 0 Å². The molecule has 0 aliphatic heterocycles. The molecule has 19 heavy (non-hydrogen) atoms. The van der Waals surface area contributed by atoms with Gasteiger partial charge in [0.15, 0.2) is 5.75 Å². The minimum Gasteiger partial charge on any atom is -0.452 e. The van der Waals surface area contributed by atoms with E-state index >= 15 is 0 Å². The fourth-order valence-corrected chi connectivity index (χ4v) is 2.23. The molecule has 0 aliphatic rings. The van der Waals surface area contributed by atoms with E-state index in [9.17, 15) is 5.11 Å². The maximum atomic E-state index is 11.8. The van der Waals surface area contributed by atoms with Gasteiger partial charge in [0.1, 0.15) is 5.75 Å². The van der Waals surface area contributed by atoms with Gasteiger partial charge in [0.05, 0.1) is 5.02 Å². The van der Waals surface area contributed by atoms with Gasteiger partial charge in [0, 0.05) is 5.02 Å². The number of hydrogen-bond donors (Lipinski definition) is 0. The highest BCUT2D eigenvalue weighted by Gasteiger charge is 2.13. The van der Waals surface area contributed by atoms with Crippen LogP contribution < -0.4 is 4.74 Å². The first-order chi connectivity index (χ1) is 9.02. The van der Waals surface area contributed by atoms with Crippen LogP contribution in [0.1, 0.15) is 18.1 Å². The molecule has 0 atom stereocenters. The van der Waals surface area contributed by atoms with Crippen molar-refractivity contribution in [3.05, 3.63) is 51.5 Å². The number of halogens is 2. The summed E-state index contributed by atoms with van der Waals surface area (Å²) in [5.41, 5.74) is 1.83. The van der Waals surface area contributed by atoms with Gasteiger partial charge in [-0.2, -0.15) is 0 Å². The normalized spacial score (nSPS) is 10.5. The molecule has 0 aliphatic carbocycles. The van der Waals surface area contributed by atoms with Crippen LogP contribution in [0.2, 0.25) is 10.0 Å². The number of benzene rings is 2. The minimum atomic E-state index is -0.244. The van der Waals surface area contributed by atoms with Gasteiger partial charge in [-0.3, -0.25) is 5.11 Å². The van der Waals surface area contributed by atoms with Crippen LogP contribution in [0.5, 0.6) is 17.2 Å². The molecule has 0 spiro atoms. The maximum absolute atomic E-state index is 11.8. The van der Waals surface area contributed by atoms with Crippen molar-refractivity contribution in [3.63, 3.8) is 0 Å². The van der Waals surface area contributed by atoms with Crippen molar-refractivity contribution in [1.82, 2.24) is 0 Å². The van der Waals surface area contributed by atoms with E-state index in [0.717, 1.165) is 17.5 Å². The molecular formula is C15H13Cl2O2. The molecule has 99 valence electrons. The Kier molecular flexibility index (Phi) is 4.23. The number of aryl methyl sites for hydroxylation is 2. The smallest absolute Gasteiger partial charge is 0.222 e. The summed E-state index contributed by atoms with van der Waals surface area (Å²) in [7, 11) is 0. The number of rotatable bonds is 3. The Morgan fingerprint density at radius 1 is 1.16 bits per heavy atom. The molecule has 2 aromatic carbocycles. The highest BCUT2D eigenvalue weighted by molar-refractivity contribution is 6.33. The summed E-state index contributed by atoms with van der Waals surface area (Å²) in [6, 6.07) is 8.47. The Balaban J connectivity index is 2.36. The van der Waals surface area contributed by atoms with Gasteiger partial charge in [-0.15, -0.1) is 0 Å². The molecule has 0 N–H and O–H groups in total. The summed E-state index contributed by atoms with van der Waals surface area (Å²) in [4.78, 5) is 0. The quantitative estimate of drug-likeness (QED) is 0.703. The average molecular weight is 296 g/mol. The lowest BCUT2D eigenvalue weighted by molar-refractivity contribution is 0.329. The second-order valence-corrected chi connectivity index (χ2v) is 5.02. The van der Waals surface area contributed by atoms with Crippen LogP contribution in [0.3, 0.4) is 0 Å². The Morgan fingerprint density at radius 2 is 1.89 bits per heavy atom. The van der Waals surface area contributed by atoms with Gasteiger partial charge in [-0.25, -0.2) is 0 Å². The summed E-state index contributed by atoms with van der Waals surface area (Å²) in [5, 5.41) is 12.7. The first-order valence-corrected chi connectivity index (χ1v) is 6.71. The molecule has 0 saturated heterocycles. The Morgan fingerprint density at radius 3 is 2.53 bits per heavy atom. The lowest BCUT2D eigenvalue weighted by atomic mass is 10.1. The van der Waals surface area contributed by atoms with Crippen molar-refractivity contribution in [2.45, 2.75) is 20.3 Å². The Hall–Kier alpha value is -1.38. The lowest BCUT2D eigenvalue weighted by Gasteiger charge is -2.11. The van der Waals surface area contributed by atoms with Crippen molar-refractivity contribution in [3.8, 4) is 17.2 Å². The maximum Gasteiger partial charge on any atom is 0.222 e. The van der Waals surface area contributed by atoms with Crippen LogP contribution in [0.4, 0.5) is 0 Å². The molecule has 2 rings (SSSR count). The van der Waals surface area contributed by atoms with Crippen molar-refractivity contribution in [1.29, 1.82) is 0 Å². The third kappa shape index (κ3) is 2.96. The average Bonchev–Trinajstić information content (AvgIpc) is 2.39. The fourth-order valence-electron chi connectivity index (χ4n) is 1.73. The van der Waals surface area contributed by atoms with Crippen LogP contribution in [-0.4, -0.2) is 0 Å². The van der Waals surface area contributed by atoms with Crippen LogP contribution in [0.25, 0.3) is 0 Å². The molecular weight excluding hydrogens is 283 g/mol. The predicted octanol–water partition coefficient (Wildman–Crippen LogP) is 5.80. The van der Waals surface area contributed by atoms with E-state index in [1.165, 1.54) is 6.07 Å². The lowest BCUT2D eigenvalue weighted by Crippen LogP contribution is -1.89. The molecule has 2 aromatic rings. The highest BCUT2D eigenvalue weighted by atomic mass is 35.5. The van der Waals surface area contributed by atoms with Crippen LogP contribution in [-0.2, 0) is 11.5 Å². The summed E-state index contributed by atoms with van der Waals surface area (Å²) in [6.45, 7) is 3.84. The van der Waals surface area contributed by atoms with E-state index in [2.05, 4.69) is 0 Å². The van der Waals surface area contributed by atoms with Crippen molar-refractivity contribution in [2.24, 2.45) is 0 Å². The third-order valence-corrected chi connectivity index (χ3v) is 3.70. The van der Waals surface area contributed by atoms with Gasteiger partial charge >= 0.3 is 0 Å². The van der Waals surface area contributed by atoms with Gasteiger partial charge < -0.3 is 4.74 Å². The molecule has 2 nitrogen and oxygen atoms in total. The zero-order chi connectivity index (χ0) is 14.0. The molecule has 0 saturated carbocycles. The molecule has 0 amide bonds. The van der Waals surface area contributed by atoms with Gasteiger partial charge in [0.25, 0.3) is 0 Å². The summed E-state index contributed by atoms with van der Waals surface area (Å²) >= 11 is 12.2. The molecule has 1 radical (unpaired) electrons. The van der Waals surface area contributed by atoms with Crippen LogP contribution >= 0.6 is 23.2 Å². The first-order valence-electron chi connectivity index (χ1n) is 5.95. The van der Waals surface area contributed by atoms with Gasteiger partial charge in [-0.1, -0.05) is 42.3 Å². The summed E-state index contributed by atoms with van der Waals surface area (Å²) < 4.78 is 5.57. The number of hydrogen-bond acceptors (Lipinski definition) is 1. The first kappa shape index (κ1) is 14.0. The van der Waals surface area contributed by atoms with E-state index in [1.807, 2.05) is 19.9 Å². The van der Waals surface area contributed by atoms with Crippen molar-refractivity contribution < 1.29 is 9.84 Å². The molecule has 4 heteroatoms. The summed E-state index contributed by atoms with van der Waals surface area (Å²) in [5.74, 6) is 0.403. The number of ether oxygens (including phenoxy) is 1.